The number of nitrogens with zero attached hydrogens (tertiary/aromatic N) is 2. The quantitative estimate of drug-likeness (QED) is 0.610. The molecule has 0 atom stereocenters. The molecular weight excluding hydrogens is 346 g/mol. The van der Waals surface area contributed by atoms with Crippen LogP contribution >= 0.6 is 11.8 Å². The molecule has 136 valence electrons. The van der Waals surface area contributed by atoms with E-state index in [-0.39, 0.29) is 5.91 Å². The van der Waals surface area contributed by atoms with Crippen LogP contribution in [0.3, 0.4) is 0 Å². The van der Waals surface area contributed by atoms with Gasteiger partial charge in [-0.2, -0.15) is 5.10 Å². The molecule has 0 unspecified atom stereocenters. The number of carbonyl (C=O) groups is 1. The van der Waals surface area contributed by atoms with Crippen LogP contribution in [-0.2, 0) is 17.8 Å². The molecule has 26 heavy (non-hydrogen) atoms. The van der Waals surface area contributed by atoms with Crippen molar-refractivity contribution in [3.63, 3.8) is 0 Å². The zero-order valence-electron chi connectivity index (χ0n) is 15.0. The maximum absolute atomic E-state index is 12.1. The van der Waals surface area contributed by atoms with Crippen LogP contribution in [0.1, 0.15) is 19.4 Å². The van der Waals surface area contributed by atoms with Gasteiger partial charge in [0.25, 0.3) is 0 Å². The Labute approximate surface area is 157 Å². The van der Waals surface area contributed by atoms with E-state index in [4.69, 9.17) is 4.42 Å². The minimum atomic E-state index is 0.0245. The van der Waals surface area contributed by atoms with Gasteiger partial charge < -0.3 is 9.73 Å². The molecule has 0 aliphatic heterocycles. The predicted molar refractivity (Wildman–Crippen MR) is 104 cm³/mol. The van der Waals surface area contributed by atoms with Crippen molar-refractivity contribution < 1.29 is 9.21 Å². The summed E-state index contributed by atoms with van der Waals surface area (Å²) in [5.41, 5.74) is 3.03. The van der Waals surface area contributed by atoms with Crippen LogP contribution in [0.5, 0.6) is 0 Å². The molecule has 3 rings (SSSR count). The molecule has 0 saturated carbocycles. The second kappa shape index (κ2) is 8.76. The molecule has 0 aliphatic rings. The monoisotopic (exact) mass is 369 g/mol. The summed E-state index contributed by atoms with van der Waals surface area (Å²) >= 11 is 1.82. The topological polar surface area (TPSA) is 60.1 Å². The highest BCUT2D eigenvalue weighted by molar-refractivity contribution is 7.99. The summed E-state index contributed by atoms with van der Waals surface area (Å²) in [5.74, 6) is 0.0245. The number of rotatable bonds is 8. The fourth-order valence-electron chi connectivity index (χ4n) is 2.58. The average molecular weight is 369 g/mol. The maximum atomic E-state index is 12.1. The van der Waals surface area contributed by atoms with E-state index in [0.29, 0.717) is 24.8 Å². The maximum Gasteiger partial charge on any atom is 0.224 e. The van der Waals surface area contributed by atoms with Crippen LogP contribution in [0, 0.1) is 0 Å². The lowest BCUT2D eigenvalue weighted by molar-refractivity contribution is -0.120. The van der Waals surface area contributed by atoms with Gasteiger partial charge in [-0.05, 0) is 23.8 Å². The van der Waals surface area contributed by atoms with Gasteiger partial charge in [0.05, 0.1) is 31.7 Å². The van der Waals surface area contributed by atoms with Crippen molar-refractivity contribution in [3.8, 4) is 11.1 Å². The van der Waals surface area contributed by atoms with Gasteiger partial charge in [0, 0.05) is 34.0 Å². The Morgan fingerprint density at radius 2 is 2.04 bits per heavy atom. The van der Waals surface area contributed by atoms with Crippen LogP contribution in [0.15, 0.2) is 64.6 Å². The van der Waals surface area contributed by atoms with E-state index in [1.807, 2.05) is 40.8 Å². The number of carbonyl (C=O) groups excluding carboxylic acids is 1. The molecule has 1 amide bonds. The summed E-state index contributed by atoms with van der Waals surface area (Å²) in [6.07, 6.45) is 7.46. The van der Waals surface area contributed by atoms with E-state index < -0.39 is 0 Å². The van der Waals surface area contributed by atoms with Gasteiger partial charge in [-0.3, -0.25) is 9.48 Å². The van der Waals surface area contributed by atoms with Gasteiger partial charge in [0.1, 0.15) is 0 Å². The van der Waals surface area contributed by atoms with Crippen LogP contribution in [0.4, 0.5) is 0 Å². The average Bonchev–Trinajstić information content (AvgIpc) is 3.27. The van der Waals surface area contributed by atoms with Crippen molar-refractivity contribution in [1.29, 1.82) is 0 Å². The summed E-state index contributed by atoms with van der Waals surface area (Å²) in [6, 6.07) is 10.1. The number of benzene rings is 1. The van der Waals surface area contributed by atoms with Crippen LogP contribution < -0.4 is 5.32 Å². The van der Waals surface area contributed by atoms with Crippen molar-refractivity contribution in [2.75, 3.05) is 6.54 Å². The molecule has 0 spiro atoms. The normalized spacial score (nSPS) is 11.0. The molecule has 5 nitrogen and oxygen atoms in total. The third-order valence-electron chi connectivity index (χ3n) is 3.81. The second-order valence-electron chi connectivity index (χ2n) is 6.34. The minimum Gasteiger partial charge on any atom is -0.472 e. The Morgan fingerprint density at radius 3 is 2.73 bits per heavy atom. The zero-order valence-corrected chi connectivity index (χ0v) is 15.8. The number of nitrogens with one attached hydrogen (secondary N) is 1. The molecule has 0 radical (unpaired) electrons. The van der Waals surface area contributed by atoms with Gasteiger partial charge in [-0.15, -0.1) is 11.8 Å². The first kappa shape index (κ1) is 18.3. The Hall–Kier alpha value is -2.47. The summed E-state index contributed by atoms with van der Waals surface area (Å²) in [4.78, 5) is 13.3. The van der Waals surface area contributed by atoms with Crippen molar-refractivity contribution in [3.05, 3.63) is 60.8 Å². The lowest BCUT2D eigenvalue weighted by atomic mass is 10.1. The van der Waals surface area contributed by atoms with Crippen molar-refractivity contribution in [1.82, 2.24) is 15.1 Å². The lowest BCUT2D eigenvalue weighted by Gasteiger charge is -2.07. The van der Waals surface area contributed by atoms with E-state index >= 15 is 0 Å². The molecule has 0 saturated heterocycles. The molecule has 3 aromatic rings. The highest BCUT2D eigenvalue weighted by Gasteiger charge is 2.06. The van der Waals surface area contributed by atoms with Crippen molar-refractivity contribution in [2.45, 2.75) is 37.0 Å². The largest absolute Gasteiger partial charge is 0.472 e. The fourth-order valence-corrected chi connectivity index (χ4v) is 3.42. The molecule has 6 heteroatoms. The Kier molecular flexibility index (Phi) is 6.17. The number of amides is 1. The van der Waals surface area contributed by atoms with E-state index in [9.17, 15) is 4.79 Å². The Bertz CT molecular complexity index is 823. The fraction of sp³-hybridized carbons (Fsp3) is 0.300. The van der Waals surface area contributed by atoms with Gasteiger partial charge in [-0.25, -0.2) is 0 Å². The predicted octanol–water partition coefficient (Wildman–Crippen LogP) is 4.00. The number of thioether (sulfide) groups is 1. The van der Waals surface area contributed by atoms with Gasteiger partial charge in [0.2, 0.25) is 5.91 Å². The molecule has 0 bridgehead atoms. The first-order chi connectivity index (χ1) is 12.6. The van der Waals surface area contributed by atoms with E-state index in [1.165, 1.54) is 4.90 Å². The third kappa shape index (κ3) is 5.26. The number of aromatic nitrogens is 2. The van der Waals surface area contributed by atoms with Crippen LogP contribution in [0.2, 0.25) is 0 Å². The Balaban J connectivity index is 1.43. The van der Waals surface area contributed by atoms with E-state index in [2.05, 4.69) is 36.4 Å². The number of furan rings is 1. The van der Waals surface area contributed by atoms with Gasteiger partial charge in [-0.1, -0.05) is 26.0 Å². The standard InChI is InChI=1S/C20H23N3O2S/c1-15(2)26-19-5-3-16(4-6-19)11-20(24)21-8-9-23-13-18(12-22-23)17-7-10-25-14-17/h3-7,10,12-15H,8-9,11H2,1-2H3,(H,21,24). The minimum absolute atomic E-state index is 0.0245. The molecule has 0 aliphatic carbocycles. The number of hydrogen-bond donors (Lipinski definition) is 1. The smallest absolute Gasteiger partial charge is 0.224 e. The van der Waals surface area contributed by atoms with Crippen LogP contribution in [-0.4, -0.2) is 27.5 Å². The zero-order chi connectivity index (χ0) is 18.4. The van der Waals surface area contributed by atoms with E-state index in [1.54, 1.807) is 18.7 Å². The molecule has 2 aromatic heterocycles. The summed E-state index contributed by atoms with van der Waals surface area (Å²) in [6.45, 7) is 5.52. The van der Waals surface area contributed by atoms with Gasteiger partial charge >= 0.3 is 0 Å². The highest BCUT2D eigenvalue weighted by Crippen LogP contribution is 2.23. The van der Waals surface area contributed by atoms with Gasteiger partial charge in [0.15, 0.2) is 0 Å². The molecule has 1 aromatic carbocycles. The first-order valence-corrected chi connectivity index (χ1v) is 9.55. The highest BCUT2D eigenvalue weighted by atomic mass is 32.2. The molecular formula is C20H23N3O2S. The van der Waals surface area contributed by atoms with Crippen LogP contribution in [0.25, 0.3) is 11.1 Å². The third-order valence-corrected chi connectivity index (χ3v) is 4.83. The summed E-state index contributed by atoms with van der Waals surface area (Å²) in [5, 5.41) is 7.81. The molecule has 2 heterocycles. The molecule has 0 fully saturated rings. The summed E-state index contributed by atoms with van der Waals surface area (Å²) in [7, 11) is 0. The van der Waals surface area contributed by atoms with Crippen molar-refractivity contribution >= 4 is 17.7 Å². The second-order valence-corrected chi connectivity index (χ2v) is 7.99. The first-order valence-electron chi connectivity index (χ1n) is 8.67. The SMILES string of the molecule is CC(C)Sc1ccc(CC(=O)NCCn2cc(-c3ccoc3)cn2)cc1. The number of hydrogen-bond acceptors (Lipinski definition) is 4. The van der Waals surface area contributed by atoms with E-state index in [0.717, 1.165) is 16.7 Å². The lowest BCUT2D eigenvalue weighted by Crippen LogP contribution is -2.28. The van der Waals surface area contributed by atoms with Crippen molar-refractivity contribution in [2.24, 2.45) is 0 Å². The summed E-state index contributed by atoms with van der Waals surface area (Å²) < 4.78 is 6.90. The Morgan fingerprint density at radius 1 is 1.23 bits per heavy atom. The molecule has 1 N–H and O–H groups in total.